The van der Waals surface area contributed by atoms with E-state index in [0.717, 1.165) is 17.7 Å². The van der Waals surface area contributed by atoms with Crippen molar-refractivity contribution in [3.8, 4) is 11.3 Å². The van der Waals surface area contributed by atoms with Crippen LogP contribution in [0.2, 0.25) is 0 Å². The summed E-state index contributed by atoms with van der Waals surface area (Å²) in [4.78, 5) is 31.7. The lowest BCUT2D eigenvalue weighted by Crippen LogP contribution is -2.45. The van der Waals surface area contributed by atoms with Crippen molar-refractivity contribution in [2.24, 2.45) is 11.3 Å². The molecule has 4 rings (SSSR count). The quantitative estimate of drug-likeness (QED) is 0.760. The first kappa shape index (κ1) is 21.0. The number of nitrogens with zero attached hydrogens (tertiary/aromatic N) is 2. The summed E-state index contributed by atoms with van der Waals surface area (Å²) in [6.45, 7) is 7.11. The number of benzene rings is 1. The highest BCUT2D eigenvalue weighted by atomic mass is 32.1. The first-order chi connectivity index (χ1) is 14.3. The van der Waals surface area contributed by atoms with Gasteiger partial charge < -0.3 is 10.2 Å². The summed E-state index contributed by atoms with van der Waals surface area (Å²) >= 11 is 1.48. The van der Waals surface area contributed by atoms with Crippen LogP contribution in [-0.4, -0.2) is 34.8 Å². The van der Waals surface area contributed by atoms with E-state index in [4.69, 9.17) is 0 Å². The van der Waals surface area contributed by atoms with E-state index < -0.39 is 0 Å². The van der Waals surface area contributed by atoms with Crippen molar-refractivity contribution in [3.05, 3.63) is 34.7 Å². The monoisotopic (exact) mass is 425 g/mol. The normalized spacial score (nSPS) is 17.5. The van der Waals surface area contributed by atoms with Crippen LogP contribution < -0.4 is 5.32 Å². The SMILES string of the molecule is CC(C)(C)C(=O)N1CCC(C(=O)Nc2nc(-c3ccc4c(c3)CCCC4)cs2)CC1. The molecule has 0 bridgehead atoms. The first-order valence-electron chi connectivity index (χ1n) is 11.0. The van der Waals surface area contributed by atoms with Gasteiger partial charge in [-0.1, -0.05) is 32.9 Å². The van der Waals surface area contributed by atoms with E-state index in [-0.39, 0.29) is 23.1 Å². The fourth-order valence-electron chi connectivity index (χ4n) is 4.38. The number of carbonyl (C=O) groups excluding carboxylic acids is 2. The number of aryl methyl sites for hydroxylation is 2. The molecule has 2 amide bonds. The Morgan fingerprint density at radius 3 is 2.50 bits per heavy atom. The Kier molecular flexibility index (Phi) is 5.96. The number of thiazole rings is 1. The molecular weight excluding hydrogens is 394 g/mol. The lowest BCUT2D eigenvalue weighted by molar-refractivity contribution is -0.142. The average Bonchev–Trinajstić information content (AvgIpc) is 3.20. The molecule has 0 saturated carbocycles. The maximum Gasteiger partial charge on any atom is 0.229 e. The molecule has 1 aliphatic carbocycles. The van der Waals surface area contributed by atoms with Crippen LogP contribution in [0.3, 0.4) is 0 Å². The lowest BCUT2D eigenvalue weighted by Gasteiger charge is -2.35. The predicted octanol–water partition coefficient (Wildman–Crippen LogP) is 4.91. The predicted molar refractivity (Wildman–Crippen MR) is 122 cm³/mol. The van der Waals surface area contributed by atoms with Gasteiger partial charge in [-0.2, -0.15) is 0 Å². The number of carbonyl (C=O) groups is 2. The number of piperidine rings is 1. The van der Waals surface area contributed by atoms with E-state index in [9.17, 15) is 9.59 Å². The molecule has 160 valence electrons. The Bertz CT molecular complexity index is 936. The van der Waals surface area contributed by atoms with Crippen LogP contribution in [0.5, 0.6) is 0 Å². The zero-order valence-electron chi connectivity index (χ0n) is 18.2. The van der Waals surface area contributed by atoms with Crippen molar-refractivity contribution in [3.63, 3.8) is 0 Å². The van der Waals surface area contributed by atoms with Gasteiger partial charge in [-0.05, 0) is 55.7 Å². The second-order valence-corrected chi connectivity index (χ2v) is 10.4. The summed E-state index contributed by atoms with van der Waals surface area (Å²) in [6.07, 6.45) is 6.27. The number of likely N-dealkylation sites (tertiary alicyclic amines) is 1. The summed E-state index contributed by atoms with van der Waals surface area (Å²) in [5.74, 6) is 0.116. The van der Waals surface area contributed by atoms with E-state index in [2.05, 4.69) is 28.5 Å². The number of aromatic nitrogens is 1. The number of hydrogen-bond donors (Lipinski definition) is 1. The topological polar surface area (TPSA) is 62.3 Å². The number of anilines is 1. The highest BCUT2D eigenvalue weighted by molar-refractivity contribution is 7.14. The fraction of sp³-hybridized carbons (Fsp3) is 0.542. The van der Waals surface area contributed by atoms with Gasteiger partial charge in [-0.15, -0.1) is 11.3 Å². The van der Waals surface area contributed by atoms with Crippen LogP contribution in [0.25, 0.3) is 11.3 Å². The van der Waals surface area contributed by atoms with Crippen molar-refractivity contribution in [1.82, 2.24) is 9.88 Å². The van der Waals surface area contributed by atoms with Crippen LogP contribution in [-0.2, 0) is 22.4 Å². The smallest absolute Gasteiger partial charge is 0.229 e. The minimum absolute atomic E-state index is 0.0178. The molecule has 1 aliphatic heterocycles. The van der Waals surface area contributed by atoms with E-state index in [1.54, 1.807) is 0 Å². The van der Waals surface area contributed by atoms with Gasteiger partial charge in [0, 0.05) is 35.4 Å². The van der Waals surface area contributed by atoms with Crippen LogP contribution in [0.4, 0.5) is 5.13 Å². The zero-order chi connectivity index (χ0) is 21.3. The second-order valence-electron chi connectivity index (χ2n) is 9.53. The van der Waals surface area contributed by atoms with E-state index >= 15 is 0 Å². The highest BCUT2D eigenvalue weighted by Gasteiger charge is 2.32. The van der Waals surface area contributed by atoms with E-state index in [0.29, 0.717) is 31.1 Å². The molecule has 0 radical (unpaired) electrons. The number of amides is 2. The third-order valence-electron chi connectivity index (χ3n) is 6.17. The van der Waals surface area contributed by atoms with Crippen molar-refractivity contribution in [2.75, 3.05) is 18.4 Å². The van der Waals surface area contributed by atoms with Gasteiger partial charge in [0.15, 0.2) is 5.13 Å². The van der Waals surface area contributed by atoms with Gasteiger partial charge in [0.05, 0.1) is 5.69 Å². The number of rotatable bonds is 3. The van der Waals surface area contributed by atoms with Gasteiger partial charge in [0.1, 0.15) is 0 Å². The molecule has 2 heterocycles. The maximum absolute atomic E-state index is 12.7. The molecule has 0 spiro atoms. The molecule has 0 unspecified atom stereocenters. The number of hydrogen-bond acceptors (Lipinski definition) is 4. The van der Waals surface area contributed by atoms with Crippen LogP contribution in [0, 0.1) is 11.3 Å². The average molecular weight is 426 g/mol. The van der Waals surface area contributed by atoms with Gasteiger partial charge in [-0.25, -0.2) is 4.98 Å². The molecule has 1 aromatic carbocycles. The summed E-state index contributed by atoms with van der Waals surface area (Å²) in [6, 6.07) is 6.64. The van der Waals surface area contributed by atoms with Crippen LogP contribution in [0.15, 0.2) is 23.6 Å². The Hall–Kier alpha value is -2.21. The highest BCUT2D eigenvalue weighted by Crippen LogP contribution is 2.30. The number of fused-ring (bicyclic) bond motifs is 1. The fourth-order valence-corrected chi connectivity index (χ4v) is 5.11. The molecule has 2 aromatic rings. The summed E-state index contributed by atoms with van der Waals surface area (Å²) in [5, 5.41) is 5.68. The molecule has 1 saturated heterocycles. The van der Waals surface area contributed by atoms with Crippen LogP contribution in [0.1, 0.15) is 57.6 Å². The molecule has 0 atom stereocenters. The van der Waals surface area contributed by atoms with Crippen molar-refractivity contribution < 1.29 is 9.59 Å². The minimum Gasteiger partial charge on any atom is -0.342 e. The van der Waals surface area contributed by atoms with Gasteiger partial charge in [0.2, 0.25) is 11.8 Å². The molecule has 30 heavy (non-hydrogen) atoms. The van der Waals surface area contributed by atoms with Gasteiger partial charge >= 0.3 is 0 Å². The second kappa shape index (κ2) is 8.50. The molecule has 5 nitrogen and oxygen atoms in total. The van der Waals surface area contributed by atoms with Crippen molar-refractivity contribution in [1.29, 1.82) is 0 Å². The zero-order valence-corrected chi connectivity index (χ0v) is 19.0. The third kappa shape index (κ3) is 4.59. The van der Waals surface area contributed by atoms with Crippen molar-refractivity contribution in [2.45, 2.75) is 59.3 Å². The Morgan fingerprint density at radius 2 is 1.80 bits per heavy atom. The number of nitrogens with one attached hydrogen (secondary N) is 1. The van der Waals surface area contributed by atoms with Gasteiger partial charge in [0.25, 0.3) is 0 Å². The summed E-state index contributed by atoms with van der Waals surface area (Å²) in [5.41, 5.74) is 4.58. The third-order valence-corrected chi connectivity index (χ3v) is 6.93. The molecule has 1 N–H and O–H groups in total. The molecule has 6 heteroatoms. The largest absolute Gasteiger partial charge is 0.342 e. The van der Waals surface area contributed by atoms with Crippen molar-refractivity contribution >= 4 is 28.3 Å². The Labute approximate surface area is 182 Å². The molecular formula is C24H31N3O2S. The minimum atomic E-state index is -0.372. The molecule has 1 aromatic heterocycles. The summed E-state index contributed by atoms with van der Waals surface area (Å²) < 4.78 is 0. The standard InChI is InChI=1S/C24H31N3O2S/c1-24(2,3)22(29)27-12-10-17(11-13-27)21(28)26-23-25-20(15-30-23)19-9-8-16-6-4-5-7-18(16)14-19/h8-9,14-15,17H,4-7,10-13H2,1-3H3,(H,25,26,28). The first-order valence-corrected chi connectivity index (χ1v) is 11.9. The Morgan fingerprint density at radius 1 is 1.10 bits per heavy atom. The molecule has 2 aliphatic rings. The van der Waals surface area contributed by atoms with Gasteiger partial charge in [-0.3, -0.25) is 9.59 Å². The van der Waals surface area contributed by atoms with E-state index in [1.807, 2.05) is 31.1 Å². The Balaban J connectivity index is 1.35. The van der Waals surface area contributed by atoms with Crippen LogP contribution >= 0.6 is 11.3 Å². The molecule has 1 fully saturated rings. The maximum atomic E-state index is 12.7. The lowest BCUT2D eigenvalue weighted by atomic mass is 9.90. The van der Waals surface area contributed by atoms with E-state index in [1.165, 1.54) is 41.7 Å². The summed E-state index contributed by atoms with van der Waals surface area (Å²) in [7, 11) is 0.